The molecule has 3 saturated heterocycles. The molecule has 13 heteroatoms. The molecule has 0 aromatic carbocycles. The van der Waals surface area contributed by atoms with Gasteiger partial charge in [-0.2, -0.15) is 0 Å². The van der Waals surface area contributed by atoms with Crippen molar-refractivity contribution in [3.63, 3.8) is 0 Å². The number of nitrogens with zero attached hydrogens (tertiary/aromatic N) is 2. The highest BCUT2D eigenvalue weighted by Gasteiger charge is 2.55. The minimum atomic E-state index is -1.26. The smallest absolute Gasteiger partial charge is 0.316 e. The van der Waals surface area contributed by atoms with Crippen LogP contribution in [0.15, 0.2) is 0 Å². The normalized spacial score (nSPS) is 42.9. The van der Waals surface area contributed by atoms with E-state index in [1.165, 1.54) is 6.92 Å². The molecule has 0 spiro atoms. The van der Waals surface area contributed by atoms with Gasteiger partial charge in [0.2, 0.25) is 0 Å². The van der Waals surface area contributed by atoms with E-state index in [0.29, 0.717) is 19.4 Å². The summed E-state index contributed by atoms with van der Waals surface area (Å²) in [5.74, 6) is -4.03. The molecule has 0 aromatic heterocycles. The lowest BCUT2D eigenvalue weighted by Gasteiger charge is -2.47. The SMILES string of the molecule is CC[C@H]1OC(=O)C(C)C(=O)[C@H](C)[C@@H](OC2OC(C(=O)N(C)C3CC3)CC(N(C)C)C2O)[C@](C)(OC)C[C@@H](C)CN[C@H](C)[C@H]2CC(=O)O[C@@]21C. The molecule has 3 heterocycles. The Morgan fingerprint density at radius 3 is 2.31 bits per heavy atom. The fraction of sp³-hybridized carbons (Fsp3) is 0.889. The minimum absolute atomic E-state index is 0.000672. The van der Waals surface area contributed by atoms with E-state index in [2.05, 4.69) is 12.2 Å². The van der Waals surface area contributed by atoms with Crippen LogP contribution in [0.25, 0.3) is 0 Å². The van der Waals surface area contributed by atoms with Crippen molar-refractivity contribution in [2.45, 2.75) is 147 Å². The number of ketones is 1. The summed E-state index contributed by atoms with van der Waals surface area (Å²) in [6.07, 6.45) is -1.82. The molecule has 2 N–H and O–H groups in total. The molecule has 280 valence electrons. The van der Waals surface area contributed by atoms with Gasteiger partial charge in [0.15, 0.2) is 17.7 Å². The molecule has 1 aliphatic carbocycles. The van der Waals surface area contributed by atoms with Crippen LogP contribution in [0.3, 0.4) is 0 Å². The van der Waals surface area contributed by atoms with E-state index in [4.69, 9.17) is 23.7 Å². The van der Waals surface area contributed by atoms with E-state index < -0.39 is 71.5 Å². The molecule has 3 aliphatic heterocycles. The van der Waals surface area contributed by atoms with Crippen molar-refractivity contribution in [3.05, 3.63) is 0 Å². The molecule has 0 aromatic rings. The summed E-state index contributed by atoms with van der Waals surface area (Å²) >= 11 is 0. The quantitative estimate of drug-likeness (QED) is 0.297. The van der Waals surface area contributed by atoms with E-state index >= 15 is 0 Å². The lowest BCUT2D eigenvalue weighted by atomic mass is 9.78. The standard InChI is InChI=1S/C36H61N3O10/c1-12-27-36(7)24(15-28(40)49-36)22(5)37-18-19(2)17-35(6,45-11)31(20(3)29(41)21(4)33(44)47-27)48-34-30(42)25(38(8)9)16-26(46-34)32(43)39(10)23-13-14-23/h19-27,30-31,34,37,42H,12-18H2,1-11H3/t19-,20+,21?,22-,24-,25?,26?,27-,30?,31-,34?,35-,36+/m1/s1. The second-order valence-electron chi connectivity index (χ2n) is 15.7. The average molecular weight is 696 g/mol. The topological polar surface area (TPSA) is 153 Å². The molecule has 4 rings (SSSR count). The number of aliphatic hydroxyl groups is 1. The highest BCUT2D eigenvalue weighted by molar-refractivity contribution is 6.00. The van der Waals surface area contributed by atoms with Gasteiger partial charge in [-0.3, -0.25) is 19.2 Å². The number of esters is 2. The van der Waals surface area contributed by atoms with E-state index in [-0.39, 0.29) is 48.6 Å². The summed E-state index contributed by atoms with van der Waals surface area (Å²) in [5, 5.41) is 15.2. The van der Waals surface area contributed by atoms with Crippen LogP contribution in [0.4, 0.5) is 0 Å². The van der Waals surface area contributed by atoms with Gasteiger partial charge in [0.05, 0.1) is 18.1 Å². The van der Waals surface area contributed by atoms with Crippen molar-refractivity contribution in [1.82, 2.24) is 15.1 Å². The summed E-state index contributed by atoms with van der Waals surface area (Å²) in [6.45, 7) is 13.3. The van der Waals surface area contributed by atoms with Gasteiger partial charge in [0.25, 0.3) is 5.91 Å². The third-order valence-electron chi connectivity index (χ3n) is 11.7. The van der Waals surface area contributed by atoms with Gasteiger partial charge in [-0.25, -0.2) is 0 Å². The number of carbonyl (C=O) groups is 4. The molecule has 5 unspecified atom stereocenters. The van der Waals surface area contributed by atoms with Crippen LogP contribution < -0.4 is 5.32 Å². The Labute approximate surface area is 292 Å². The van der Waals surface area contributed by atoms with Crippen LogP contribution in [-0.2, 0) is 42.9 Å². The maximum Gasteiger partial charge on any atom is 0.316 e. The second-order valence-corrected chi connectivity index (χ2v) is 15.7. The molecule has 1 amide bonds. The fourth-order valence-corrected chi connectivity index (χ4v) is 8.27. The van der Waals surface area contributed by atoms with Gasteiger partial charge in [-0.15, -0.1) is 0 Å². The van der Waals surface area contributed by atoms with Gasteiger partial charge in [0, 0.05) is 50.5 Å². The summed E-state index contributed by atoms with van der Waals surface area (Å²) < 4.78 is 31.0. The molecule has 13 atom stereocenters. The molecule has 1 saturated carbocycles. The van der Waals surface area contributed by atoms with Gasteiger partial charge < -0.3 is 43.9 Å². The zero-order valence-electron chi connectivity index (χ0n) is 31.4. The van der Waals surface area contributed by atoms with Gasteiger partial charge in [-0.05, 0) is 79.9 Å². The number of Topliss-reactive ketones (excluding diaryl/α,β-unsaturated/α-hetero) is 1. The minimum Gasteiger partial charge on any atom is -0.458 e. The summed E-state index contributed by atoms with van der Waals surface area (Å²) in [6, 6.07) is -0.437. The maximum atomic E-state index is 14.2. The zero-order valence-corrected chi connectivity index (χ0v) is 31.4. The Balaban J connectivity index is 1.70. The van der Waals surface area contributed by atoms with Crippen LogP contribution in [0.1, 0.15) is 87.0 Å². The number of cyclic esters (lactones) is 1. The first-order valence-corrected chi connectivity index (χ1v) is 18.0. The third kappa shape index (κ3) is 8.33. The van der Waals surface area contributed by atoms with Crippen molar-refractivity contribution in [1.29, 1.82) is 0 Å². The Morgan fingerprint density at radius 2 is 1.73 bits per heavy atom. The molecular formula is C36H61N3O10. The van der Waals surface area contributed by atoms with Crippen LogP contribution >= 0.6 is 0 Å². The maximum absolute atomic E-state index is 14.2. The number of aliphatic hydroxyl groups excluding tert-OH is 1. The molecule has 13 nitrogen and oxygen atoms in total. The Bertz CT molecular complexity index is 1210. The number of carbonyl (C=O) groups excluding carboxylic acids is 4. The molecule has 0 radical (unpaired) electrons. The number of fused-ring (bicyclic) bond motifs is 1. The lowest BCUT2D eigenvalue weighted by Crippen LogP contribution is -2.61. The highest BCUT2D eigenvalue weighted by atomic mass is 16.7. The average Bonchev–Trinajstić information content (AvgIpc) is 3.86. The first-order chi connectivity index (χ1) is 22.9. The Kier molecular flexibility index (Phi) is 12.6. The molecule has 49 heavy (non-hydrogen) atoms. The molecule has 4 fully saturated rings. The van der Waals surface area contributed by atoms with E-state index in [1.807, 2.05) is 46.7 Å². The number of methoxy groups -OCH3 is 1. The predicted molar refractivity (Wildman–Crippen MR) is 180 cm³/mol. The number of ether oxygens (including phenoxy) is 5. The van der Waals surface area contributed by atoms with E-state index in [0.717, 1.165) is 12.8 Å². The van der Waals surface area contributed by atoms with Gasteiger partial charge in [0.1, 0.15) is 24.2 Å². The predicted octanol–water partition coefficient (Wildman–Crippen LogP) is 2.31. The Morgan fingerprint density at radius 1 is 1.08 bits per heavy atom. The van der Waals surface area contributed by atoms with E-state index in [9.17, 15) is 24.3 Å². The van der Waals surface area contributed by atoms with Crippen molar-refractivity contribution in [2.24, 2.45) is 23.7 Å². The largest absolute Gasteiger partial charge is 0.458 e. The zero-order chi connectivity index (χ0) is 36.6. The number of nitrogens with one attached hydrogen (secondary N) is 1. The first kappa shape index (κ1) is 39.6. The number of hydrogen-bond donors (Lipinski definition) is 2. The highest BCUT2D eigenvalue weighted by Crippen LogP contribution is 2.42. The summed E-state index contributed by atoms with van der Waals surface area (Å²) in [4.78, 5) is 57.6. The van der Waals surface area contributed by atoms with Crippen LogP contribution in [0.5, 0.6) is 0 Å². The summed E-state index contributed by atoms with van der Waals surface area (Å²) in [5.41, 5.74) is -2.16. The summed E-state index contributed by atoms with van der Waals surface area (Å²) in [7, 11) is 6.99. The van der Waals surface area contributed by atoms with Crippen LogP contribution in [0.2, 0.25) is 0 Å². The van der Waals surface area contributed by atoms with Gasteiger partial charge in [-0.1, -0.05) is 20.8 Å². The number of rotatable bonds is 7. The van der Waals surface area contributed by atoms with Crippen molar-refractivity contribution in [2.75, 3.05) is 34.8 Å². The van der Waals surface area contributed by atoms with E-state index in [1.54, 1.807) is 26.0 Å². The van der Waals surface area contributed by atoms with Gasteiger partial charge >= 0.3 is 11.9 Å². The molecular weight excluding hydrogens is 634 g/mol. The van der Waals surface area contributed by atoms with Crippen LogP contribution in [0, 0.1) is 23.7 Å². The number of amides is 1. The fourth-order valence-electron chi connectivity index (χ4n) is 8.27. The Hall–Kier alpha value is -2.16. The third-order valence-corrected chi connectivity index (χ3v) is 11.7. The molecule has 0 bridgehead atoms. The van der Waals surface area contributed by atoms with Crippen molar-refractivity contribution in [3.8, 4) is 0 Å². The lowest BCUT2D eigenvalue weighted by molar-refractivity contribution is -0.295. The number of hydrogen-bond acceptors (Lipinski definition) is 12. The van der Waals surface area contributed by atoms with Crippen molar-refractivity contribution < 1.29 is 48.0 Å². The van der Waals surface area contributed by atoms with Crippen LogP contribution in [-0.4, -0.2) is 133 Å². The monoisotopic (exact) mass is 695 g/mol. The number of likely N-dealkylation sites (N-methyl/N-ethyl adjacent to an activating group) is 2. The second kappa shape index (κ2) is 15.6. The van der Waals surface area contributed by atoms with Crippen molar-refractivity contribution >= 4 is 23.6 Å². The molecule has 4 aliphatic rings. The first-order valence-electron chi connectivity index (χ1n) is 18.0.